The van der Waals surface area contributed by atoms with Gasteiger partial charge in [-0.05, 0) is 33.1 Å². The highest BCUT2D eigenvalue weighted by Gasteiger charge is 2.33. The minimum atomic E-state index is -3.49. The second-order valence-electron chi connectivity index (χ2n) is 5.64. The van der Waals surface area contributed by atoms with Gasteiger partial charge in [0, 0.05) is 12.3 Å². The number of sulfone groups is 1. The molecule has 1 aliphatic rings. The van der Waals surface area contributed by atoms with Crippen molar-refractivity contribution in [3.05, 3.63) is 0 Å². The van der Waals surface area contributed by atoms with Gasteiger partial charge in [0.05, 0.1) is 12.1 Å². The summed E-state index contributed by atoms with van der Waals surface area (Å²) in [5.74, 6) is 0.362. The van der Waals surface area contributed by atoms with Gasteiger partial charge in [-0.1, -0.05) is 0 Å². The molecule has 1 aliphatic carbocycles. The topological polar surface area (TPSA) is 110 Å². The predicted octanol–water partition coefficient (Wildman–Crippen LogP) is 0.775. The molecule has 1 heterocycles. The molecule has 8 heteroatoms. The van der Waals surface area contributed by atoms with Crippen LogP contribution in [-0.4, -0.2) is 41.7 Å². The first-order valence-electron chi connectivity index (χ1n) is 6.74. The normalized spacial score (nSPS) is 23.4. The number of hydrogen-bond donors (Lipinski definition) is 3. The molecule has 20 heavy (non-hydrogen) atoms. The minimum Gasteiger partial charge on any atom is -0.391 e. The molecular formula is C12H22N4O3S. The Bertz CT molecular complexity index is 594. The molecule has 2 unspecified atom stereocenters. The zero-order valence-electron chi connectivity index (χ0n) is 12.0. The zero-order chi connectivity index (χ0) is 15.1. The molecule has 4 N–H and O–H groups in total. The van der Waals surface area contributed by atoms with Gasteiger partial charge in [0.15, 0.2) is 20.6 Å². The van der Waals surface area contributed by atoms with Crippen LogP contribution in [0.3, 0.4) is 0 Å². The van der Waals surface area contributed by atoms with E-state index in [1.54, 1.807) is 0 Å². The molecule has 0 aromatic carbocycles. The Balaban J connectivity index is 2.52. The summed E-state index contributed by atoms with van der Waals surface area (Å²) in [4.78, 5) is 0.0188. The molecule has 0 bridgehead atoms. The van der Waals surface area contributed by atoms with Crippen molar-refractivity contribution in [2.24, 2.45) is 0 Å². The summed E-state index contributed by atoms with van der Waals surface area (Å²) in [6.07, 6.45) is 2.90. The van der Waals surface area contributed by atoms with Gasteiger partial charge in [0.2, 0.25) is 0 Å². The fourth-order valence-electron chi connectivity index (χ4n) is 2.62. The molecular weight excluding hydrogens is 280 g/mol. The highest BCUT2D eigenvalue weighted by atomic mass is 32.2. The maximum Gasteiger partial charge on any atom is 0.182 e. The van der Waals surface area contributed by atoms with Crippen molar-refractivity contribution in [3.8, 4) is 0 Å². The second kappa shape index (κ2) is 5.25. The Morgan fingerprint density at radius 2 is 2.10 bits per heavy atom. The first kappa shape index (κ1) is 15.1. The first-order valence-corrected chi connectivity index (χ1v) is 8.63. The van der Waals surface area contributed by atoms with Crippen LogP contribution >= 0.6 is 0 Å². The molecule has 0 spiro atoms. The molecule has 1 fully saturated rings. The lowest BCUT2D eigenvalue weighted by atomic mass is 10.2. The fourth-order valence-corrected chi connectivity index (χ4v) is 3.55. The average molecular weight is 302 g/mol. The summed E-state index contributed by atoms with van der Waals surface area (Å²) in [7, 11) is -3.49. The monoisotopic (exact) mass is 302 g/mol. The highest BCUT2D eigenvalue weighted by Crippen LogP contribution is 2.36. The van der Waals surface area contributed by atoms with Gasteiger partial charge in [-0.2, -0.15) is 5.10 Å². The number of aromatic nitrogens is 2. The fraction of sp³-hybridized carbons (Fsp3) is 0.750. The Morgan fingerprint density at radius 3 is 2.55 bits per heavy atom. The van der Waals surface area contributed by atoms with Gasteiger partial charge in [-0.15, -0.1) is 0 Å². The van der Waals surface area contributed by atoms with Gasteiger partial charge >= 0.3 is 0 Å². The van der Waals surface area contributed by atoms with E-state index in [2.05, 4.69) is 10.4 Å². The molecule has 2 rings (SSSR count). The van der Waals surface area contributed by atoms with Crippen molar-refractivity contribution in [3.63, 3.8) is 0 Å². The van der Waals surface area contributed by atoms with Crippen molar-refractivity contribution < 1.29 is 13.5 Å². The molecule has 0 amide bonds. The first-order chi connectivity index (χ1) is 9.21. The van der Waals surface area contributed by atoms with Crippen molar-refractivity contribution in [1.29, 1.82) is 0 Å². The largest absolute Gasteiger partial charge is 0.391 e. The molecule has 0 aliphatic heterocycles. The molecule has 1 aromatic rings. The Hall–Kier alpha value is -1.28. The Labute approximate surface area is 119 Å². The highest BCUT2D eigenvalue weighted by molar-refractivity contribution is 7.91. The number of aliphatic hydroxyl groups excluding tert-OH is 1. The van der Waals surface area contributed by atoms with Gasteiger partial charge in [0.25, 0.3) is 0 Å². The predicted molar refractivity (Wildman–Crippen MR) is 77.4 cm³/mol. The number of aliphatic hydroxyl groups is 1. The SMILES string of the molecule is CC(C)Nc1nn(C2CCCC2O)c(N)c1S(C)(=O)=O. The van der Waals surface area contributed by atoms with E-state index in [1.807, 2.05) is 13.8 Å². The second-order valence-corrected chi connectivity index (χ2v) is 7.60. The van der Waals surface area contributed by atoms with Crippen molar-refractivity contribution >= 4 is 21.5 Å². The van der Waals surface area contributed by atoms with E-state index in [0.29, 0.717) is 6.42 Å². The number of nitrogens with one attached hydrogen (secondary N) is 1. The van der Waals surface area contributed by atoms with Gasteiger partial charge in [0.1, 0.15) is 5.82 Å². The van der Waals surface area contributed by atoms with Crippen molar-refractivity contribution in [2.75, 3.05) is 17.3 Å². The van der Waals surface area contributed by atoms with E-state index in [0.717, 1.165) is 19.1 Å². The van der Waals surface area contributed by atoms with Crippen molar-refractivity contribution in [2.45, 2.75) is 56.2 Å². The van der Waals surface area contributed by atoms with E-state index in [-0.39, 0.29) is 28.6 Å². The summed E-state index contributed by atoms with van der Waals surface area (Å²) in [5.41, 5.74) is 5.98. The smallest absolute Gasteiger partial charge is 0.182 e. The van der Waals surface area contributed by atoms with Gasteiger partial charge in [-0.3, -0.25) is 0 Å². The number of nitrogen functional groups attached to an aromatic ring is 1. The van der Waals surface area contributed by atoms with Crippen LogP contribution in [0.4, 0.5) is 11.6 Å². The number of nitrogens with zero attached hydrogens (tertiary/aromatic N) is 2. The van der Waals surface area contributed by atoms with Crippen LogP contribution in [0.25, 0.3) is 0 Å². The van der Waals surface area contributed by atoms with Crippen LogP contribution in [0.15, 0.2) is 4.90 Å². The summed E-state index contributed by atoms with van der Waals surface area (Å²) in [5, 5.41) is 17.3. The lowest BCUT2D eigenvalue weighted by molar-refractivity contribution is 0.131. The lowest BCUT2D eigenvalue weighted by Gasteiger charge is -2.16. The summed E-state index contributed by atoms with van der Waals surface area (Å²) < 4.78 is 25.3. The van der Waals surface area contributed by atoms with E-state index in [1.165, 1.54) is 4.68 Å². The number of rotatable bonds is 4. The standard InChI is InChI=1S/C12H22N4O3S/c1-7(2)14-12-10(20(3,18)19)11(13)16(15-12)8-5-4-6-9(8)17/h7-9,17H,4-6,13H2,1-3H3,(H,14,15). The summed E-state index contributed by atoms with van der Waals surface area (Å²) in [6.45, 7) is 3.79. The van der Waals surface area contributed by atoms with E-state index in [9.17, 15) is 13.5 Å². The third kappa shape index (κ3) is 2.76. The van der Waals surface area contributed by atoms with E-state index >= 15 is 0 Å². The summed E-state index contributed by atoms with van der Waals surface area (Å²) in [6, 6.07) is -0.218. The van der Waals surface area contributed by atoms with Crippen LogP contribution in [0.5, 0.6) is 0 Å². The molecule has 2 atom stereocenters. The lowest BCUT2D eigenvalue weighted by Crippen LogP contribution is -2.21. The maximum atomic E-state index is 11.9. The third-order valence-corrected chi connectivity index (χ3v) is 4.60. The van der Waals surface area contributed by atoms with E-state index < -0.39 is 15.9 Å². The number of hydrogen-bond acceptors (Lipinski definition) is 6. The summed E-state index contributed by atoms with van der Waals surface area (Å²) >= 11 is 0. The van der Waals surface area contributed by atoms with Gasteiger partial charge in [-0.25, -0.2) is 13.1 Å². The third-order valence-electron chi connectivity index (χ3n) is 3.46. The van der Waals surface area contributed by atoms with Crippen LogP contribution < -0.4 is 11.1 Å². The number of nitrogens with two attached hydrogens (primary N) is 1. The molecule has 1 saturated carbocycles. The van der Waals surface area contributed by atoms with Crippen LogP contribution in [-0.2, 0) is 9.84 Å². The Morgan fingerprint density at radius 1 is 1.45 bits per heavy atom. The zero-order valence-corrected chi connectivity index (χ0v) is 12.8. The molecule has 114 valence electrons. The molecule has 7 nitrogen and oxygen atoms in total. The molecule has 1 aromatic heterocycles. The molecule has 0 radical (unpaired) electrons. The quantitative estimate of drug-likeness (QED) is 0.758. The van der Waals surface area contributed by atoms with Crippen LogP contribution in [0.2, 0.25) is 0 Å². The van der Waals surface area contributed by atoms with E-state index in [4.69, 9.17) is 5.73 Å². The van der Waals surface area contributed by atoms with Crippen LogP contribution in [0, 0.1) is 0 Å². The minimum absolute atomic E-state index is 0.0188. The maximum absolute atomic E-state index is 11.9. The average Bonchev–Trinajstić information content (AvgIpc) is 2.80. The van der Waals surface area contributed by atoms with Gasteiger partial charge < -0.3 is 16.2 Å². The van der Waals surface area contributed by atoms with Crippen molar-refractivity contribution in [1.82, 2.24) is 9.78 Å². The Kier molecular flexibility index (Phi) is 3.97. The molecule has 0 saturated heterocycles. The van der Waals surface area contributed by atoms with Crippen LogP contribution in [0.1, 0.15) is 39.2 Å². The number of anilines is 2.